The Hall–Kier alpha value is -3.18. The van der Waals surface area contributed by atoms with E-state index in [1.165, 1.54) is 47.2 Å². The molecular weight excluding hydrogens is 419 g/mol. The van der Waals surface area contributed by atoms with Gasteiger partial charge in [0.15, 0.2) is 0 Å². The second-order valence-electron chi connectivity index (χ2n) is 7.28. The fraction of sp³-hybridized carbons (Fsp3) is 0.0769. The Balaban J connectivity index is 1.97. The summed E-state index contributed by atoms with van der Waals surface area (Å²) in [6.45, 7) is 9.63. The zero-order chi connectivity index (χ0) is 20.0. The van der Waals surface area contributed by atoms with Gasteiger partial charge in [0.1, 0.15) is 0 Å². The van der Waals surface area contributed by atoms with Gasteiger partial charge < -0.3 is 0 Å². The van der Waals surface area contributed by atoms with E-state index in [4.69, 9.17) is 6.57 Å². The summed E-state index contributed by atoms with van der Waals surface area (Å²) in [7, 11) is 2.11. The van der Waals surface area contributed by atoms with Gasteiger partial charge in [0.25, 0.3) is 0 Å². The molecule has 3 heteroatoms. The van der Waals surface area contributed by atoms with E-state index in [9.17, 15) is 0 Å². The number of fused-ring (bicyclic) bond motifs is 3. The molecule has 0 aliphatic carbocycles. The van der Waals surface area contributed by atoms with Gasteiger partial charge in [-0.3, -0.25) is 0 Å². The van der Waals surface area contributed by atoms with Crippen LogP contribution in [0, 0.1) is 13.5 Å². The molecule has 3 aromatic carbocycles. The van der Waals surface area contributed by atoms with Crippen molar-refractivity contribution in [3.8, 4) is 22.4 Å². The fourth-order valence-electron chi connectivity index (χ4n) is 4.08. The topological polar surface area (TPSA) is 8.24 Å². The molecule has 138 valence electrons. The van der Waals surface area contributed by atoms with Crippen LogP contribution in [-0.4, -0.2) is 14.5 Å². The Bertz CT molecular complexity index is 1420. The zero-order valence-electron chi connectivity index (χ0n) is 16.3. The van der Waals surface area contributed by atoms with Crippen molar-refractivity contribution < 1.29 is 4.57 Å². The summed E-state index contributed by atoms with van der Waals surface area (Å²) in [5, 5.41) is 2.62. The molecule has 0 radical (unpaired) electrons. The van der Waals surface area contributed by atoms with Gasteiger partial charge in [0.05, 0.1) is 0 Å². The van der Waals surface area contributed by atoms with Crippen molar-refractivity contribution in [1.29, 1.82) is 0 Å². The van der Waals surface area contributed by atoms with Gasteiger partial charge in [-0.15, -0.1) is 0 Å². The van der Waals surface area contributed by atoms with E-state index < -0.39 is 0 Å². The minimum absolute atomic E-state index is 0.166. The van der Waals surface area contributed by atoms with E-state index in [1.807, 2.05) is 6.07 Å². The summed E-state index contributed by atoms with van der Waals surface area (Å²) in [6, 6.07) is 25.6. The van der Waals surface area contributed by atoms with Gasteiger partial charge in [-0.1, -0.05) is 0 Å². The SMILES string of the molecule is [C-]#[N+]c1ccc2c(c1)[se]c1c(-c3cccc[n+]3C)c(C)cc(-c3ccccc3)c12. The van der Waals surface area contributed by atoms with E-state index in [1.54, 1.807) is 0 Å². The van der Waals surface area contributed by atoms with Gasteiger partial charge in [0.2, 0.25) is 0 Å². The van der Waals surface area contributed by atoms with Crippen LogP contribution in [0.2, 0.25) is 0 Å². The minimum atomic E-state index is 0.166. The second kappa shape index (κ2) is 7.01. The van der Waals surface area contributed by atoms with Gasteiger partial charge in [-0.25, -0.2) is 0 Å². The monoisotopic (exact) mass is 439 g/mol. The Morgan fingerprint density at radius 1 is 0.931 bits per heavy atom. The third-order valence-corrected chi connectivity index (χ3v) is 7.90. The Labute approximate surface area is 176 Å². The van der Waals surface area contributed by atoms with Crippen LogP contribution in [0.4, 0.5) is 5.69 Å². The summed E-state index contributed by atoms with van der Waals surface area (Å²) in [5.41, 5.74) is 7.13. The average molecular weight is 438 g/mol. The van der Waals surface area contributed by atoms with Crippen LogP contribution >= 0.6 is 0 Å². The van der Waals surface area contributed by atoms with Crippen LogP contribution in [0.25, 0.3) is 46.5 Å². The molecule has 0 spiro atoms. The second-order valence-corrected chi connectivity index (χ2v) is 9.48. The van der Waals surface area contributed by atoms with Crippen LogP contribution < -0.4 is 4.57 Å². The molecule has 0 N–H and O–H groups in total. The van der Waals surface area contributed by atoms with Crippen molar-refractivity contribution in [2.45, 2.75) is 6.92 Å². The molecule has 0 fully saturated rings. The third kappa shape index (κ3) is 2.89. The van der Waals surface area contributed by atoms with E-state index in [-0.39, 0.29) is 14.5 Å². The van der Waals surface area contributed by atoms with Crippen molar-refractivity contribution in [1.82, 2.24) is 0 Å². The van der Waals surface area contributed by atoms with Crippen LogP contribution in [0.15, 0.2) is 79.0 Å². The maximum absolute atomic E-state index is 7.41. The van der Waals surface area contributed by atoms with Gasteiger partial charge >= 0.3 is 176 Å². The van der Waals surface area contributed by atoms with Crippen LogP contribution in [0.5, 0.6) is 0 Å². The number of nitrogens with zero attached hydrogens (tertiary/aromatic N) is 2. The fourth-order valence-corrected chi connectivity index (χ4v) is 6.96. The molecule has 5 aromatic rings. The van der Waals surface area contributed by atoms with E-state index in [0.717, 1.165) is 5.69 Å². The molecular formula is C26H19N2Se+. The molecule has 0 aliphatic rings. The first-order valence-electron chi connectivity index (χ1n) is 9.55. The summed E-state index contributed by atoms with van der Waals surface area (Å²) >= 11 is 0.166. The maximum atomic E-state index is 7.41. The summed E-state index contributed by atoms with van der Waals surface area (Å²) in [5.74, 6) is 0. The van der Waals surface area contributed by atoms with Crippen LogP contribution in [0.1, 0.15) is 5.56 Å². The predicted molar refractivity (Wildman–Crippen MR) is 121 cm³/mol. The third-order valence-electron chi connectivity index (χ3n) is 5.45. The van der Waals surface area contributed by atoms with Gasteiger partial charge in [-0.05, 0) is 0 Å². The molecule has 0 aliphatic heterocycles. The van der Waals surface area contributed by atoms with E-state index in [0.29, 0.717) is 0 Å². The van der Waals surface area contributed by atoms with E-state index in [2.05, 4.69) is 96.3 Å². The molecule has 0 unspecified atom stereocenters. The van der Waals surface area contributed by atoms with Crippen molar-refractivity contribution in [3.05, 3.63) is 96.0 Å². The van der Waals surface area contributed by atoms with Crippen molar-refractivity contribution in [2.75, 3.05) is 0 Å². The zero-order valence-corrected chi connectivity index (χ0v) is 18.0. The number of aromatic nitrogens is 1. The first-order chi connectivity index (χ1) is 14.2. The normalized spacial score (nSPS) is 11.1. The Kier molecular flexibility index (Phi) is 4.32. The molecule has 5 rings (SSSR count). The van der Waals surface area contributed by atoms with Crippen LogP contribution in [0.3, 0.4) is 0 Å². The average Bonchev–Trinajstić information content (AvgIpc) is 3.13. The standard InChI is InChI=1S/C26H19N2Se/c1-17-15-21(18-9-5-4-6-10-18)25-20-13-12-19(27-2)16-23(20)29-26(25)24(17)22-11-7-8-14-28(22)3/h4-16H,1,3H3/q+1. The molecule has 29 heavy (non-hydrogen) atoms. The number of rotatable bonds is 2. The summed E-state index contributed by atoms with van der Waals surface area (Å²) in [6.07, 6.45) is 2.11. The first-order valence-corrected chi connectivity index (χ1v) is 11.3. The Morgan fingerprint density at radius 3 is 2.48 bits per heavy atom. The van der Waals surface area contributed by atoms with Crippen LogP contribution in [-0.2, 0) is 7.05 Å². The van der Waals surface area contributed by atoms with Crippen molar-refractivity contribution in [3.63, 3.8) is 0 Å². The first kappa shape index (κ1) is 17.9. The predicted octanol–water partition coefficient (Wildman–Crippen LogP) is 6.07. The van der Waals surface area contributed by atoms with Crippen molar-refractivity contribution >= 4 is 39.5 Å². The molecule has 2 nitrogen and oxygen atoms in total. The number of benzene rings is 3. The number of hydrogen-bond acceptors (Lipinski definition) is 0. The molecule has 0 atom stereocenters. The van der Waals surface area contributed by atoms with Crippen molar-refractivity contribution in [2.24, 2.45) is 7.05 Å². The van der Waals surface area contributed by atoms with E-state index >= 15 is 0 Å². The molecule has 0 saturated heterocycles. The molecule has 0 bridgehead atoms. The molecule has 2 aromatic heterocycles. The molecule has 0 saturated carbocycles. The number of pyridine rings is 1. The number of aryl methyl sites for hydroxylation is 2. The summed E-state index contributed by atoms with van der Waals surface area (Å²) in [4.78, 5) is 3.66. The number of hydrogen-bond donors (Lipinski definition) is 0. The van der Waals surface area contributed by atoms with Gasteiger partial charge in [-0.2, -0.15) is 0 Å². The van der Waals surface area contributed by atoms with Gasteiger partial charge in [0, 0.05) is 0 Å². The molecule has 2 heterocycles. The quantitative estimate of drug-likeness (QED) is 0.180. The Morgan fingerprint density at radius 2 is 1.72 bits per heavy atom. The molecule has 0 amide bonds. The summed E-state index contributed by atoms with van der Waals surface area (Å²) < 4.78 is 4.94.